The predicted molar refractivity (Wildman–Crippen MR) is 75.5 cm³/mol. The molecule has 1 amide bonds. The van der Waals surface area contributed by atoms with Gasteiger partial charge in [-0.1, -0.05) is 35.1 Å². The standard InChI is InChI=1S/C12H13N3OS2/c1-7-3-4-8(2)9(5-7)6-10(16)13-11-14-15-12(17)18-11/h3-5H,6H2,1-2H3,(H,15,17)(H,13,14,16). The van der Waals surface area contributed by atoms with Crippen LogP contribution in [-0.2, 0) is 11.2 Å². The Bertz CT molecular complexity index is 630. The molecule has 6 heteroatoms. The van der Waals surface area contributed by atoms with Crippen LogP contribution in [0.5, 0.6) is 0 Å². The summed E-state index contributed by atoms with van der Waals surface area (Å²) in [6, 6.07) is 6.09. The first-order chi connectivity index (χ1) is 8.54. The summed E-state index contributed by atoms with van der Waals surface area (Å²) in [5, 5.41) is 9.76. The number of amides is 1. The van der Waals surface area contributed by atoms with Gasteiger partial charge in [-0.2, -0.15) is 0 Å². The lowest BCUT2D eigenvalue weighted by atomic mass is 10.0. The Morgan fingerprint density at radius 1 is 1.50 bits per heavy atom. The van der Waals surface area contributed by atoms with Gasteiger partial charge < -0.3 is 5.32 Å². The fourth-order valence-corrected chi connectivity index (χ4v) is 2.42. The molecule has 1 aromatic carbocycles. The maximum atomic E-state index is 11.9. The van der Waals surface area contributed by atoms with E-state index in [9.17, 15) is 4.79 Å². The molecule has 0 fully saturated rings. The maximum absolute atomic E-state index is 11.9. The summed E-state index contributed by atoms with van der Waals surface area (Å²) in [6.45, 7) is 4.01. The van der Waals surface area contributed by atoms with Crippen molar-refractivity contribution in [2.75, 3.05) is 5.32 Å². The van der Waals surface area contributed by atoms with Crippen molar-refractivity contribution in [3.63, 3.8) is 0 Å². The third kappa shape index (κ3) is 3.24. The van der Waals surface area contributed by atoms with Crippen LogP contribution in [0.25, 0.3) is 0 Å². The molecule has 1 heterocycles. The van der Waals surface area contributed by atoms with Gasteiger partial charge in [0.15, 0.2) is 3.95 Å². The van der Waals surface area contributed by atoms with E-state index in [0.717, 1.165) is 16.7 Å². The summed E-state index contributed by atoms with van der Waals surface area (Å²) in [7, 11) is 0. The molecule has 0 aliphatic heterocycles. The molecule has 18 heavy (non-hydrogen) atoms. The Balaban J connectivity index is 2.07. The van der Waals surface area contributed by atoms with E-state index < -0.39 is 0 Å². The fourth-order valence-electron chi connectivity index (χ4n) is 1.61. The van der Waals surface area contributed by atoms with Gasteiger partial charge in [-0.05, 0) is 37.2 Å². The SMILES string of the molecule is Cc1ccc(C)c(CC(=O)Nc2n[nH]c(=S)s2)c1. The Morgan fingerprint density at radius 2 is 2.28 bits per heavy atom. The highest BCUT2D eigenvalue weighted by atomic mass is 32.1. The lowest BCUT2D eigenvalue weighted by Gasteiger charge is -2.06. The van der Waals surface area contributed by atoms with Crippen molar-refractivity contribution in [2.24, 2.45) is 0 Å². The third-order valence-corrected chi connectivity index (χ3v) is 3.54. The number of H-pyrrole nitrogens is 1. The molecule has 0 spiro atoms. The maximum Gasteiger partial charge on any atom is 0.230 e. The van der Waals surface area contributed by atoms with Crippen molar-refractivity contribution in [3.05, 3.63) is 38.8 Å². The van der Waals surface area contributed by atoms with Crippen LogP contribution in [0.15, 0.2) is 18.2 Å². The van der Waals surface area contributed by atoms with Gasteiger partial charge in [0.05, 0.1) is 6.42 Å². The zero-order valence-electron chi connectivity index (χ0n) is 10.1. The minimum absolute atomic E-state index is 0.0820. The summed E-state index contributed by atoms with van der Waals surface area (Å²) in [5.41, 5.74) is 3.30. The second-order valence-corrected chi connectivity index (χ2v) is 5.74. The third-order valence-electron chi connectivity index (χ3n) is 2.54. The van der Waals surface area contributed by atoms with E-state index in [-0.39, 0.29) is 5.91 Å². The van der Waals surface area contributed by atoms with Crippen LogP contribution in [0, 0.1) is 17.8 Å². The molecular formula is C12H13N3OS2. The van der Waals surface area contributed by atoms with E-state index in [1.165, 1.54) is 11.3 Å². The summed E-state index contributed by atoms with van der Waals surface area (Å²) >= 11 is 6.15. The van der Waals surface area contributed by atoms with Gasteiger partial charge in [0.1, 0.15) is 0 Å². The Hall–Kier alpha value is -1.53. The number of benzene rings is 1. The number of carbonyl (C=O) groups is 1. The topological polar surface area (TPSA) is 57.8 Å². The molecule has 0 bridgehead atoms. The van der Waals surface area contributed by atoms with Crippen molar-refractivity contribution in [2.45, 2.75) is 20.3 Å². The molecule has 94 valence electrons. The number of nitrogens with zero attached hydrogens (tertiary/aromatic N) is 1. The lowest BCUT2D eigenvalue weighted by molar-refractivity contribution is -0.115. The van der Waals surface area contributed by atoms with Gasteiger partial charge >= 0.3 is 0 Å². The number of rotatable bonds is 3. The van der Waals surface area contributed by atoms with Crippen LogP contribution in [-0.4, -0.2) is 16.1 Å². The minimum atomic E-state index is -0.0820. The van der Waals surface area contributed by atoms with E-state index in [1.807, 2.05) is 32.0 Å². The predicted octanol–water partition coefficient (Wildman–Crippen LogP) is 3.00. The van der Waals surface area contributed by atoms with Crippen molar-refractivity contribution < 1.29 is 4.79 Å². The number of hydrogen-bond acceptors (Lipinski definition) is 4. The van der Waals surface area contributed by atoms with E-state index in [1.54, 1.807) is 0 Å². The Morgan fingerprint density at radius 3 is 2.94 bits per heavy atom. The molecule has 2 aromatic rings. The molecule has 0 atom stereocenters. The van der Waals surface area contributed by atoms with Gasteiger partial charge in [-0.3, -0.25) is 9.89 Å². The Labute approximate surface area is 114 Å². The fraction of sp³-hybridized carbons (Fsp3) is 0.250. The molecule has 2 N–H and O–H groups in total. The summed E-state index contributed by atoms with van der Waals surface area (Å²) in [5.74, 6) is -0.0820. The van der Waals surface area contributed by atoms with Gasteiger partial charge in [0.25, 0.3) is 0 Å². The van der Waals surface area contributed by atoms with E-state index >= 15 is 0 Å². The number of aromatic nitrogens is 2. The van der Waals surface area contributed by atoms with Crippen molar-refractivity contribution in [3.8, 4) is 0 Å². The highest BCUT2D eigenvalue weighted by molar-refractivity contribution is 7.73. The molecule has 0 saturated carbocycles. The van der Waals surface area contributed by atoms with Gasteiger partial charge in [0, 0.05) is 0 Å². The quantitative estimate of drug-likeness (QED) is 0.849. The summed E-state index contributed by atoms with van der Waals surface area (Å²) in [4.78, 5) is 11.9. The molecule has 0 unspecified atom stereocenters. The first-order valence-electron chi connectivity index (χ1n) is 5.46. The summed E-state index contributed by atoms with van der Waals surface area (Å²) in [6.07, 6.45) is 0.347. The molecule has 4 nitrogen and oxygen atoms in total. The van der Waals surface area contributed by atoms with Crippen molar-refractivity contribution in [1.29, 1.82) is 0 Å². The second-order valence-electron chi connectivity index (χ2n) is 4.07. The highest BCUT2D eigenvalue weighted by Gasteiger charge is 2.08. The van der Waals surface area contributed by atoms with Crippen molar-refractivity contribution in [1.82, 2.24) is 10.2 Å². The first kappa shape index (κ1) is 12.9. The molecular weight excluding hydrogens is 266 g/mol. The number of aryl methyl sites for hydroxylation is 2. The molecule has 0 radical (unpaired) electrons. The van der Waals surface area contributed by atoms with E-state index in [2.05, 4.69) is 15.5 Å². The monoisotopic (exact) mass is 279 g/mol. The van der Waals surface area contributed by atoms with Crippen LogP contribution >= 0.6 is 23.6 Å². The second kappa shape index (κ2) is 5.41. The van der Waals surface area contributed by atoms with Gasteiger partial charge in [0.2, 0.25) is 11.0 Å². The number of anilines is 1. The molecule has 0 saturated heterocycles. The molecule has 1 aromatic heterocycles. The van der Waals surface area contributed by atoms with Crippen molar-refractivity contribution >= 4 is 34.6 Å². The molecule has 2 rings (SSSR count). The van der Waals surface area contributed by atoms with Crippen LogP contribution in [0.4, 0.5) is 5.13 Å². The highest BCUT2D eigenvalue weighted by Crippen LogP contribution is 2.14. The number of carbonyl (C=O) groups excluding carboxylic acids is 1. The number of nitrogens with one attached hydrogen (secondary N) is 2. The zero-order chi connectivity index (χ0) is 13.1. The lowest BCUT2D eigenvalue weighted by Crippen LogP contribution is -2.15. The molecule has 0 aliphatic carbocycles. The minimum Gasteiger partial charge on any atom is -0.300 e. The van der Waals surface area contributed by atoms with E-state index in [0.29, 0.717) is 15.5 Å². The number of hydrogen-bond donors (Lipinski definition) is 2. The first-order valence-corrected chi connectivity index (χ1v) is 6.68. The largest absolute Gasteiger partial charge is 0.300 e. The smallest absolute Gasteiger partial charge is 0.230 e. The zero-order valence-corrected chi connectivity index (χ0v) is 11.7. The van der Waals surface area contributed by atoms with Crippen LogP contribution in [0.3, 0.4) is 0 Å². The summed E-state index contributed by atoms with van der Waals surface area (Å²) < 4.78 is 0.553. The van der Waals surface area contributed by atoms with Crippen LogP contribution < -0.4 is 5.32 Å². The van der Waals surface area contributed by atoms with Gasteiger partial charge in [-0.25, -0.2) is 0 Å². The van der Waals surface area contributed by atoms with Crippen LogP contribution in [0.2, 0.25) is 0 Å². The van der Waals surface area contributed by atoms with Crippen LogP contribution in [0.1, 0.15) is 16.7 Å². The number of aromatic amines is 1. The van der Waals surface area contributed by atoms with Gasteiger partial charge in [-0.15, -0.1) is 5.10 Å². The average molecular weight is 279 g/mol. The van der Waals surface area contributed by atoms with E-state index in [4.69, 9.17) is 12.2 Å². The normalized spacial score (nSPS) is 10.3. The molecule has 0 aliphatic rings. The average Bonchev–Trinajstić information content (AvgIpc) is 2.69. The Kier molecular flexibility index (Phi) is 3.88.